The molecule has 2 bridgehead atoms. The predicted octanol–water partition coefficient (Wildman–Crippen LogP) is 1.36. The first-order valence-corrected chi connectivity index (χ1v) is 9.37. The number of rotatable bonds is 6. The number of carbonyl (C=O) groups is 1. The minimum Gasteiger partial charge on any atom is -0.315 e. The molecule has 2 heterocycles. The van der Waals surface area contributed by atoms with E-state index in [0.29, 0.717) is 19.6 Å². The highest BCUT2D eigenvalue weighted by atomic mass is 32.2. The largest absolute Gasteiger partial charge is 0.344 e. The Morgan fingerprint density at radius 2 is 1.96 bits per heavy atom. The van der Waals surface area contributed by atoms with Crippen LogP contribution in [0.1, 0.15) is 18.4 Å². The highest BCUT2D eigenvalue weighted by molar-refractivity contribution is 7.85. The Balaban J connectivity index is 1.60. The Kier molecular flexibility index (Phi) is 4.56. The molecule has 8 heteroatoms. The van der Waals surface area contributed by atoms with Crippen LogP contribution in [-0.2, 0) is 25.7 Å². The van der Waals surface area contributed by atoms with Crippen molar-refractivity contribution in [1.82, 2.24) is 9.96 Å². The number of hydrogen-bond donors (Lipinski definition) is 0. The molecule has 1 aromatic rings. The SMILES string of the molecule is CS(=O)(=O)OC[C@@H]1CC[C@@H]2CN1C(=O)N2OCc1ccccc1. The van der Waals surface area contributed by atoms with Gasteiger partial charge in [0.1, 0.15) is 6.61 Å². The molecule has 0 aliphatic carbocycles. The van der Waals surface area contributed by atoms with Crippen LogP contribution in [0, 0.1) is 0 Å². The first-order valence-electron chi connectivity index (χ1n) is 7.55. The number of urea groups is 1. The van der Waals surface area contributed by atoms with Crippen LogP contribution in [0.4, 0.5) is 4.79 Å². The van der Waals surface area contributed by atoms with Gasteiger partial charge in [-0.15, -0.1) is 0 Å². The second-order valence-corrected chi connectivity index (χ2v) is 7.54. The summed E-state index contributed by atoms with van der Waals surface area (Å²) in [5.41, 5.74) is 0.994. The normalized spacial score (nSPS) is 24.3. The van der Waals surface area contributed by atoms with Crippen LogP contribution in [0.5, 0.6) is 0 Å². The van der Waals surface area contributed by atoms with Crippen LogP contribution in [0.15, 0.2) is 30.3 Å². The Morgan fingerprint density at radius 1 is 1.22 bits per heavy atom. The number of benzene rings is 1. The lowest BCUT2D eigenvalue weighted by molar-refractivity contribution is -0.140. The number of nitrogens with zero attached hydrogens (tertiary/aromatic N) is 2. The van der Waals surface area contributed by atoms with Crippen molar-refractivity contribution in [2.75, 3.05) is 19.4 Å². The zero-order valence-corrected chi connectivity index (χ0v) is 13.7. The van der Waals surface area contributed by atoms with Crippen molar-refractivity contribution in [3.8, 4) is 0 Å². The van der Waals surface area contributed by atoms with E-state index in [1.54, 1.807) is 4.90 Å². The third-order valence-corrected chi connectivity index (χ3v) is 4.70. The van der Waals surface area contributed by atoms with Crippen molar-refractivity contribution in [1.29, 1.82) is 0 Å². The van der Waals surface area contributed by atoms with E-state index >= 15 is 0 Å². The number of carbonyl (C=O) groups excluding carboxylic acids is 1. The zero-order valence-electron chi connectivity index (χ0n) is 12.9. The summed E-state index contributed by atoms with van der Waals surface area (Å²) >= 11 is 0. The molecule has 0 N–H and O–H groups in total. The van der Waals surface area contributed by atoms with Crippen LogP contribution < -0.4 is 0 Å². The van der Waals surface area contributed by atoms with Gasteiger partial charge in [-0.3, -0.25) is 9.02 Å². The maximum atomic E-state index is 12.5. The summed E-state index contributed by atoms with van der Waals surface area (Å²) in [4.78, 5) is 19.8. The minimum absolute atomic E-state index is 0.00379. The first kappa shape index (κ1) is 16.2. The molecule has 0 saturated carbocycles. The topological polar surface area (TPSA) is 76.2 Å². The Morgan fingerprint density at radius 3 is 2.65 bits per heavy atom. The predicted molar refractivity (Wildman–Crippen MR) is 82.8 cm³/mol. The molecule has 3 rings (SSSR count). The molecular formula is C15H20N2O5S. The summed E-state index contributed by atoms with van der Waals surface area (Å²) in [5.74, 6) is 0. The monoisotopic (exact) mass is 340 g/mol. The first-order chi connectivity index (χ1) is 10.9. The minimum atomic E-state index is -3.50. The summed E-state index contributed by atoms with van der Waals surface area (Å²) in [6, 6.07) is 9.22. The standard InChI is InChI=1S/C15H20N2O5S/c1-23(19,20)22-11-14-8-7-13-9-16(14)15(18)17(13)21-10-12-5-3-2-4-6-12/h2-6,13-14H,7-11H2,1H3/t13-,14+/m1/s1. The molecule has 0 spiro atoms. The van der Waals surface area contributed by atoms with Crippen molar-refractivity contribution in [2.45, 2.75) is 31.5 Å². The maximum absolute atomic E-state index is 12.5. The van der Waals surface area contributed by atoms with Gasteiger partial charge in [-0.2, -0.15) is 13.5 Å². The smallest absolute Gasteiger partial charge is 0.315 e. The number of fused-ring (bicyclic) bond motifs is 2. The molecule has 7 nitrogen and oxygen atoms in total. The number of hydrogen-bond acceptors (Lipinski definition) is 5. The summed E-state index contributed by atoms with van der Waals surface area (Å²) < 4.78 is 27.1. The lowest BCUT2D eigenvalue weighted by atomic mass is 10.0. The van der Waals surface area contributed by atoms with Gasteiger partial charge < -0.3 is 4.90 Å². The highest BCUT2D eigenvalue weighted by Crippen LogP contribution is 2.30. The van der Waals surface area contributed by atoms with Gasteiger partial charge >= 0.3 is 6.03 Å². The molecule has 1 aromatic carbocycles. The Hall–Kier alpha value is -1.64. The van der Waals surface area contributed by atoms with Crippen molar-refractivity contribution in [3.63, 3.8) is 0 Å². The van der Waals surface area contributed by atoms with Gasteiger partial charge in [-0.25, -0.2) is 4.79 Å². The molecule has 2 aliphatic heterocycles. The fourth-order valence-corrected chi connectivity index (χ4v) is 3.38. The van der Waals surface area contributed by atoms with E-state index in [9.17, 15) is 13.2 Å². The van der Waals surface area contributed by atoms with E-state index in [2.05, 4.69) is 0 Å². The van der Waals surface area contributed by atoms with E-state index in [1.807, 2.05) is 30.3 Å². The van der Waals surface area contributed by atoms with Crippen LogP contribution in [0.3, 0.4) is 0 Å². The van der Waals surface area contributed by atoms with Gasteiger partial charge in [-0.05, 0) is 18.4 Å². The van der Waals surface area contributed by atoms with E-state index in [1.165, 1.54) is 5.06 Å². The lowest BCUT2D eigenvalue weighted by Gasteiger charge is -2.29. The second-order valence-electron chi connectivity index (χ2n) is 5.89. The summed E-state index contributed by atoms with van der Waals surface area (Å²) in [6.45, 7) is 0.886. The van der Waals surface area contributed by atoms with Gasteiger partial charge in [0.25, 0.3) is 10.1 Å². The molecule has 2 amide bonds. The molecule has 2 fully saturated rings. The zero-order chi connectivity index (χ0) is 16.4. The molecule has 0 aromatic heterocycles. The van der Waals surface area contributed by atoms with Crippen molar-refractivity contribution < 1.29 is 22.2 Å². The van der Waals surface area contributed by atoms with E-state index in [4.69, 9.17) is 9.02 Å². The summed E-state index contributed by atoms with van der Waals surface area (Å²) in [6.07, 6.45) is 2.49. The maximum Gasteiger partial charge on any atom is 0.344 e. The van der Waals surface area contributed by atoms with Crippen LogP contribution in [-0.4, -0.2) is 55.9 Å². The second kappa shape index (κ2) is 6.46. The quantitative estimate of drug-likeness (QED) is 0.731. The van der Waals surface area contributed by atoms with Crippen molar-refractivity contribution >= 4 is 16.1 Å². The van der Waals surface area contributed by atoms with Gasteiger partial charge in [0.2, 0.25) is 0 Å². The third-order valence-electron chi connectivity index (χ3n) is 4.13. The fourth-order valence-electron chi connectivity index (χ4n) is 2.97. The molecule has 126 valence electrons. The summed E-state index contributed by atoms with van der Waals surface area (Å²) in [7, 11) is -3.50. The van der Waals surface area contributed by atoms with Crippen LogP contribution >= 0.6 is 0 Å². The van der Waals surface area contributed by atoms with Crippen LogP contribution in [0.25, 0.3) is 0 Å². The van der Waals surface area contributed by atoms with Crippen LogP contribution in [0.2, 0.25) is 0 Å². The number of piperidine rings is 1. The molecule has 2 atom stereocenters. The van der Waals surface area contributed by atoms with Crippen molar-refractivity contribution in [3.05, 3.63) is 35.9 Å². The molecule has 23 heavy (non-hydrogen) atoms. The lowest BCUT2D eigenvalue weighted by Crippen LogP contribution is -2.43. The number of hydroxylamine groups is 2. The van der Waals surface area contributed by atoms with Gasteiger partial charge in [0.15, 0.2) is 0 Å². The van der Waals surface area contributed by atoms with Gasteiger partial charge in [0, 0.05) is 6.54 Å². The Bertz CT molecular complexity index is 664. The van der Waals surface area contributed by atoms with E-state index in [-0.39, 0.29) is 24.7 Å². The molecule has 0 unspecified atom stereocenters. The van der Waals surface area contributed by atoms with Crippen molar-refractivity contribution in [2.24, 2.45) is 0 Å². The highest BCUT2D eigenvalue weighted by Gasteiger charge is 2.45. The fraction of sp³-hybridized carbons (Fsp3) is 0.533. The Labute approximate surface area is 135 Å². The molecule has 2 saturated heterocycles. The van der Waals surface area contributed by atoms with Gasteiger partial charge in [-0.1, -0.05) is 30.3 Å². The average Bonchev–Trinajstić information content (AvgIpc) is 2.77. The third kappa shape index (κ3) is 3.82. The molecule has 2 aliphatic rings. The average molecular weight is 340 g/mol. The van der Waals surface area contributed by atoms with Gasteiger partial charge in [0.05, 0.1) is 24.9 Å². The van der Waals surface area contributed by atoms with E-state index < -0.39 is 10.1 Å². The number of amides is 2. The molecular weight excluding hydrogens is 320 g/mol. The van der Waals surface area contributed by atoms with E-state index in [0.717, 1.165) is 18.2 Å². The molecule has 0 radical (unpaired) electrons. The summed E-state index contributed by atoms with van der Waals surface area (Å²) in [5, 5.41) is 1.42.